The second-order valence-corrected chi connectivity index (χ2v) is 20.9. The molecule has 64 heavy (non-hydrogen) atoms. The molecule has 10 heteroatoms. The highest BCUT2D eigenvalue weighted by molar-refractivity contribution is 7.99. The first-order valence-corrected chi connectivity index (χ1v) is 24.1. The number of benzene rings is 5. The summed E-state index contributed by atoms with van der Waals surface area (Å²) in [5.41, 5.74) is 32.6. The largest absolute Gasteiger partial charge is 0.330 e. The van der Waals surface area contributed by atoms with E-state index in [0.717, 1.165) is 54.3 Å². The van der Waals surface area contributed by atoms with Crippen molar-refractivity contribution in [3.05, 3.63) is 165 Å². The maximum absolute atomic E-state index is 14.3. The normalized spacial score (nSPS) is 12.8. The molecule has 5 aromatic carbocycles. The number of rotatable bonds is 22. The lowest BCUT2D eigenvalue weighted by Crippen LogP contribution is -2.34. The average Bonchev–Trinajstić information content (AvgIpc) is 3.25. The van der Waals surface area contributed by atoms with Crippen LogP contribution in [0.4, 0.5) is 0 Å². The van der Waals surface area contributed by atoms with Crippen LogP contribution < -0.4 is 22.9 Å². The van der Waals surface area contributed by atoms with Crippen LogP contribution in [0.1, 0.15) is 107 Å². The van der Waals surface area contributed by atoms with Crippen molar-refractivity contribution < 1.29 is 19.2 Å². The number of ketones is 4. The van der Waals surface area contributed by atoms with Crippen LogP contribution in [0.2, 0.25) is 0 Å². The van der Waals surface area contributed by atoms with E-state index in [4.69, 9.17) is 22.9 Å². The van der Waals surface area contributed by atoms with Crippen LogP contribution in [-0.4, -0.2) is 59.8 Å². The molecular weight excluding hydrogens is 833 g/mol. The van der Waals surface area contributed by atoms with Crippen molar-refractivity contribution in [3.63, 3.8) is 0 Å². The summed E-state index contributed by atoms with van der Waals surface area (Å²) in [7, 11) is 0. The van der Waals surface area contributed by atoms with E-state index in [0.29, 0.717) is 48.6 Å². The highest BCUT2D eigenvalue weighted by Crippen LogP contribution is 2.36. The van der Waals surface area contributed by atoms with Gasteiger partial charge in [-0.05, 0) is 74.2 Å². The van der Waals surface area contributed by atoms with Crippen LogP contribution in [0, 0.1) is 0 Å². The summed E-state index contributed by atoms with van der Waals surface area (Å²) in [5.74, 6) is 0.780. The van der Waals surface area contributed by atoms with Gasteiger partial charge in [-0.25, -0.2) is 0 Å². The summed E-state index contributed by atoms with van der Waals surface area (Å²) in [6.45, 7) is 13.5. The van der Waals surface area contributed by atoms with Crippen LogP contribution in [0.25, 0.3) is 0 Å². The van der Waals surface area contributed by atoms with Crippen LogP contribution in [0.3, 0.4) is 0 Å². The molecule has 8 nitrogen and oxygen atoms in total. The molecule has 0 aliphatic rings. The van der Waals surface area contributed by atoms with Gasteiger partial charge >= 0.3 is 0 Å². The molecule has 2 atom stereocenters. The first-order valence-electron chi connectivity index (χ1n) is 22.2. The van der Waals surface area contributed by atoms with E-state index < -0.39 is 12.1 Å². The van der Waals surface area contributed by atoms with E-state index in [-0.39, 0.29) is 59.6 Å². The van der Waals surface area contributed by atoms with Crippen molar-refractivity contribution in [2.45, 2.75) is 113 Å². The van der Waals surface area contributed by atoms with Gasteiger partial charge < -0.3 is 22.9 Å². The lowest BCUT2D eigenvalue weighted by atomic mass is 9.83. The Morgan fingerprint density at radius 3 is 1.16 bits per heavy atom. The smallest absolute Gasteiger partial charge is 0.167 e. The SMILES string of the molecule is CC(C)(C)c1cc(CC(=O)c2cccc(C(=O)Cc3cc(C(C)(C)C)cc(CC(=O)C(N)Cc4ccccc4)c3SCCN)c2)c(SCCN)c(CC(=O)C(N)Cc2ccccc2)c1. The van der Waals surface area contributed by atoms with Crippen LogP contribution in [-0.2, 0) is 58.9 Å². The highest BCUT2D eigenvalue weighted by atomic mass is 32.2. The lowest BCUT2D eigenvalue weighted by Gasteiger charge is -2.24. The molecule has 0 aliphatic heterocycles. The molecule has 5 rings (SSSR count). The summed E-state index contributed by atoms with van der Waals surface area (Å²) in [6, 6.07) is 33.4. The number of carbonyl (C=O) groups is 4. The Morgan fingerprint density at radius 2 is 0.828 bits per heavy atom. The van der Waals surface area contributed by atoms with E-state index in [1.165, 1.54) is 0 Å². The molecule has 0 fully saturated rings. The number of thioether (sulfide) groups is 2. The maximum atomic E-state index is 14.3. The van der Waals surface area contributed by atoms with Crippen molar-refractivity contribution in [3.8, 4) is 0 Å². The molecule has 338 valence electrons. The predicted octanol–water partition coefficient (Wildman–Crippen LogP) is 8.60. The second-order valence-electron chi connectivity index (χ2n) is 18.7. The van der Waals surface area contributed by atoms with Gasteiger partial charge in [-0.15, -0.1) is 23.5 Å². The fraction of sp³-hybridized carbons (Fsp3) is 0.370. The van der Waals surface area contributed by atoms with Crippen molar-refractivity contribution in [2.24, 2.45) is 22.9 Å². The molecular formula is C54H66N4O4S2. The summed E-state index contributed by atoms with van der Waals surface area (Å²) >= 11 is 3.10. The molecule has 0 saturated carbocycles. The number of carbonyl (C=O) groups excluding carboxylic acids is 4. The van der Waals surface area contributed by atoms with E-state index in [2.05, 4.69) is 65.8 Å². The van der Waals surface area contributed by atoms with Crippen LogP contribution in [0.15, 0.2) is 119 Å². The highest BCUT2D eigenvalue weighted by Gasteiger charge is 2.26. The minimum absolute atomic E-state index is 0.0725. The molecule has 8 N–H and O–H groups in total. The molecule has 0 aromatic heterocycles. The van der Waals surface area contributed by atoms with Crippen molar-refractivity contribution in [2.75, 3.05) is 24.6 Å². The Labute approximate surface area is 389 Å². The summed E-state index contributed by atoms with van der Waals surface area (Å²) in [6.07, 6.45) is 1.28. The third kappa shape index (κ3) is 14.2. The zero-order valence-corrected chi connectivity index (χ0v) is 40.0. The minimum Gasteiger partial charge on any atom is -0.330 e. The molecule has 5 aromatic rings. The summed E-state index contributed by atoms with van der Waals surface area (Å²) in [5, 5.41) is 0. The van der Waals surface area contributed by atoms with Gasteiger partial charge in [0.05, 0.1) is 12.1 Å². The average molecular weight is 899 g/mol. The van der Waals surface area contributed by atoms with Gasteiger partial charge in [-0.1, -0.05) is 145 Å². The zero-order valence-electron chi connectivity index (χ0n) is 38.4. The lowest BCUT2D eigenvalue weighted by molar-refractivity contribution is -0.120. The van der Waals surface area contributed by atoms with Gasteiger partial charge in [-0.3, -0.25) is 19.2 Å². The monoisotopic (exact) mass is 898 g/mol. The molecule has 0 aliphatic carbocycles. The first-order chi connectivity index (χ1) is 30.4. The molecule has 0 amide bonds. The number of nitrogens with two attached hydrogens (primary N) is 4. The quantitative estimate of drug-likeness (QED) is 0.0390. The maximum Gasteiger partial charge on any atom is 0.167 e. The Hall–Kier alpha value is -4.68. The fourth-order valence-corrected chi connectivity index (χ4v) is 9.52. The van der Waals surface area contributed by atoms with Crippen molar-refractivity contribution in [1.29, 1.82) is 0 Å². The molecule has 0 bridgehead atoms. The molecule has 0 spiro atoms. The zero-order chi connectivity index (χ0) is 46.6. The van der Waals surface area contributed by atoms with Gasteiger partial charge in [0, 0.05) is 71.2 Å². The third-order valence-corrected chi connectivity index (χ3v) is 13.8. The van der Waals surface area contributed by atoms with Crippen LogP contribution in [0.5, 0.6) is 0 Å². The second kappa shape index (κ2) is 23.0. The predicted molar refractivity (Wildman–Crippen MR) is 266 cm³/mol. The van der Waals surface area contributed by atoms with Gasteiger partial charge in [0.1, 0.15) is 0 Å². The van der Waals surface area contributed by atoms with E-state index in [1.54, 1.807) is 47.8 Å². The minimum atomic E-state index is -0.679. The third-order valence-electron chi connectivity index (χ3n) is 11.3. The van der Waals surface area contributed by atoms with E-state index in [9.17, 15) is 19.2 Å². The van der Waals surface area contributed by atoms with E-state index >= 15 is 0 Å². The van der Waals surface area contributed by atoms with Crippen molar-refractivity contribution >= 4 is 46.7 Å². The van der Waals surface area contributed by atoms with Gasteiger partial charge in [-0.2, -0.15) is 0 Å². The first kappa shape index (κ1) is 50.3. The molecule has 2 unspecified atom stereocenters. The number of hydrogen-bond donors (Lipinski definition) is 4. The Balaban J connectivity index is 1.44. The van der Waals surface area contributed by atoms with Gasteiger partial charge in [0.25, 0.3) is 0 Å². The molecule has 0 heterocycles. The topological polar surface area (TPSA) is 172 Å². The Bertz CT molecular complexity index is 2240. The summed E-state index contributed by atoms with van der Waals surface area (Å²) in [4.78, 5) is 57.8. The fourth-order valence-electron chi connectivity index (χ4n) is 7.61. The van der Waals surface area contributed by atoms with Gasteiger partial charge in [0.2, 0.25) is 0 Å². The standard InChI is InChI=1S/C54H66N4O4S2/c1-53(2,3)43-27-39(51(63-22-20-55)41(29-43)33-49(61)45(57)24-35-14-9-7-10-15-35)31-47(59)37-18-13-19-38(26-37)48(60)32-40-28-44(54(4,5)6)30-42(52(40)64-23-21-56)34-50(62)46(58)25-36-16-11-8-12-17-36/h7-19,26-30,45-46H,20-25,31-34,55-58H2,1-6H3. The number of hydrogen-bond acceptors (Lipinski definition) is 10. The molecule has 0 radical (unpaired) electrons. The van der Waals surface area contributed by atoms with Crippen molar-refractivity contribution in [1.82, 2.24) is 0 Å². The Morgan fingerprint density at radius 1 is 0.484 bits per heavy atom. The number of Topliss-reactive ketones (excluding diaryl/α,β-unsaturated/α-hetero) is 4. The van der Waals surface area contributed by atoms with E-state index in [1.807, 2.05) is 60.7 Å². The Kier molecular flexibility index (Phi) is 18.1. The van der Waals surface area contributed by atoms with Gasteiger partial charge in [0.15, 0.2) is 23.1 Å². The molecule has 0 saturated heterocycles. The van der Waals surface area contributed by atoms with Crippen LogP contribution >= 0.6 is 23.5 Å². The summed E-state index contributed by atoms with van der Waals surface area (Å²) < 4.78 is 0.